The van der Waals surface area contributed by atoms with Gasteiger partial charge in [0.05, 0.1) is 19.8 Å². The highest BCUT2D eigenvalue weighted by molar-refractivity contribution is 5.73. The summed E-state index contributed by atoms with van der Waals surface area (Å²) in [6.07, 6.45) is -13.3. The molecule has 0 aromatic carbocycles. The molecule has 31 heavy (non-hydrogen) atoms. The van der Waals surface area contributed by atoms with Gasteiger partial charge in [0.1, 0.15) is 48.8 Å². The van der Waals surface area contributed by atoms with Crippen LogP contribution in [0.5, 0.6) is 0 Å². The normalized spacial score (nSPS) is 40.7. The lowest BCUT2D eigenvalue weighted by molar-refractivity contribution is -0.348. The van der Waals surface area contributed by atoms with Crippen LogP contribution in [0.3, 0.4) is 0 Å². The van der Waals surface area contributed by atoms with E-state index in [1.807, 2.05) is 0 Å². The van der Waals surface area contributed by atoms with Crippen LogP contribution in [0.4, 0.5) is 0 Å². The average molecular weight is 452 g/mol. The molecule has 2 aliphatic heterocycles. The molecule has 0 aromatic rings. The second kappa shape index (κ2) is 11.8. The minimum atomic E-state index is -1.75. The van der Waals surface area contributed by atoms with Crippen molar-refractivity contribution < 1.29 is 54.4 Å². The summed E-state index contributed by atoms with van der Waals surface area (Å²) in [4.78, 5) is 14.2. The van der Waals surface area contributed by atoms with Gasteiger partial charge in [0.25, 0.3) is 0 Å². The first-order valence-electron chi connectivity index (χ1n) is 9.55. The number of aliphatic hydroxyl groups is 6. The fourth-order valence-electron chi connectivity index (χ4n) is 3.35. The van der Waals surface area contributed by atoms with Crippen molar-refractivity contribution in [1.82, 2.24) is 5.32 Å². The van der Waals surface area contributed by atoms with Gasteiger partial charge in [-0.1, -0.05) is 5.11 Å². The van der Waals surface area contributed by atoms with Crippen LogP contribution in [0.25, 0.3) is 10.4 Å². The van der Waals surface area contributed by atoms with Crippen LogP contribution in [0.15, 0.2) is 5.11 Å². The van der Waals surface area contributed by atoms with Gasteiger partial charge in [-0.15, -0.1) is 0 Å². The van der Waals surface area contributed by atoms with E-state index in [4.69, 9.17) is 24.5 Å². The van der Waals surface area contributed by atoms with Crippen molar-refractivity contribution in [3.8, 4) is 0 Å². The monoisotopic (exact) mass is 452 g/mol. The number of carbonyl (C=O) groups excluding carboxylic acids is 1. The molecule has 10 atom stereocenters. The van der Waals surface area contributed by atoms with E-state index in [2.05, 4.69) is 15.3 Å². The smallest absolute Gasteiger partial charge is 0.217 e. The predicted molar refractivity (Wildman–Crippen MR) is 98.0 cm³/mol. The number of azide groups is 1. The minimum absolute atomic E-state index is 0.0478. The van der Waals surface area contributed by atoms with E-state index in [9.17, 15) is 35.4 Å². The largest absolute Gasteiger partial charge is 0.394 e. The van der Waals surface area contributed by atoms with E-state index < -0.39 is 80.5 Å². The van der Waals surface area contributed by atoms with E-state index >= 15 is 0 Å². The van der Waals surface area contributed by atoms with Crippen LogP contribution in [0.1, 0.15) is 6.92 Å². The second-order valence-electron chi connectivity index (χ2n) is 7.07. The molecule has 2 fully saturated rings. The van der Waals surface area contributed by atoms with Crippen molar-refractivity contribution in [2.24, 2.45) is 5.11 Å². The fraction of sp³-hybridized carbons (Fsp3) is 0.938. The van der Waals surface area contributed by atoms with Crippen molar-refractivity contribution >= 4 is 5.91 Å². The van der Waals surface area contributed by atoms with Crippen LogP contribution in [0.2, 0.25) is 0 Å². The molecule has 0 unspecified atom stereocenters. The molecule has 2 aliphatic rings. The number of rotatable bonds is 9. The van der Waals surface area contributed by atoms with Gasteiger partial charge in [-0.25, -0.2) is 0 Å². The third-order valence-corrected chi connectivity index (χ3v) is 4.90. The molecule has 2 rings (SSSR count). The summed E-state index contributed by atoms with van der Waals surface area (Å²) in [7, 11) is 0. The number of hydrogen-bond acceptors (Lipinski definition) is 12. The highest BCUT2D eigenvalue weighted by Crippen LogP contribution is 2.29. The van der Waals surface area contributed by atoms with Crippen molar-refractivity contribution in [1.29, 1.82) is 0 Å². The summed E-state index contributed by atoms with van der Waals surface area (Å²) in [5.74, 6) is -0.537. The second-order valence-corrected chi connectivity index (χ2v) is 7.07. The number of carbonyl (C=O) groups is 1. The van der Waals surface area contributed by atoms with E-state index in [-0.39, 0.29) is 13.2 Å². The number of aliphatic hydroxyl groups excluding tert-OH is 6. The number of ether oxygens (including phenoxy) is 4. The molecule has 15 nitrogen and oxygen atoms in total. The lowest BCUT2D eigenvalue weighted by Crippen LogP contribution is -2.67. The van der Waals surface area contributed by atoms with Gasteiger partial charge in [-0.05, 0) is 5.53 Å². The molecule has 0 bridgehead atoms. The van der Waals surface area contributed by atoms with Gasteiger partial charge >= 0.3 is 0 Å². The number of nitrogens with zero attached hydrogens (tertiary/aromatic N) is 3. The third-order valence-electron chi connectivity index (χ3n) is 4.90. The van der Waals surface area contributed by atoms with E-state index in [1.54, 1.807) is 0 Å². The summed E-state index contributed by atoms with van der Waals surface area (Å²) in [6, 6.07) is -1.18. The Kier molecular flexibility index (Phi) is 9.80. The molecular formula is C16H28N4O11. The molecule has 2 saturated heterocycles. The van der Waals surface area contributed by atoms with E-state index in [0.29, 0.717) is 0 Å². The predicted octanol–water partition coefficient (Wildman–Crippen LogP) is -3.92. The highest BCUT2D eigenvalue weighted by Gasteiger charge is 2.51. The zero-order chi connectivity index (χ0) is 23.1. The van der Waals surface area contributed by atoms with Crippen LogP contribution < -0.4 is 5.32 Å². The fourth-order valence-corrected chi connectivity index (χ4v) is 3.35. The van der Waals surface area contributed by atoms with Gasteiger partial charge in [0.2, 0.25) is 5.91 Å². The zero-order valence-corrected chi connectivity index (χ0v) is 16.7. The van der Waals surface area contributed by atoms with E-state index in [1.165, 1.54) is 6.92 Å². The Balaban J connectivity index is 2.18. The Morgan fingerprint density at radius 1 is 1.03 bits per heavy atom. The minimum Gasteiger partial charge on any atom is -0.394 e. The van der Waals surface area contributed by atoms with Crippen molar-refractivity contribution in [2.75, 3.05) is 26.4 Å². The van der Waals surface area contributed by atoms with Crippen LogP contribution in [-0.2, 0) is 23.7 Å². The lowest BCUT2D eigenvalue weighted by Gasteiger charge is -2.47. The SMILES string of the molecule is CC(=O)N[C@H]1[C@H](OCCN=[N+]=[N-])O[C@H](CO)[C@@H](O[C@@H]2O[C@H](CO)[C@H](O)[C@H](O)[C@H]2O)[C@@H]1O. The van der Waals surface area contributed by atoms with Gasteiger partial charge in [0.15, 0.2) is 12.6 Å². The molecular weight excluding hydrogens is 424 g/mol. The van der Waals surface area contributed by atoms with Crippen molar-refractivity contribution in [3.05, 3.63) is 10.4 Å². The average Bonchev–Trinajstić information content (AvgIpc) is 2.74. The molecule has 7 N–H and O–H groups in total. The maximum atomic E-state index is 11.6. The lowest BCUT2D eigenvalue weighted by atomic mass is 9.95. The molecule has 178 valence electrons. The number of amides is 1. The summed E-state index contributed by atoms with van der Waals surface area (Å²) in [6.45, 7) is -0.313. The third kappa shape index (κ3) is 6.21. The molecule has 0 aliphatic carbocycles. The Morgan fingerprint density at radius 2 is 1.68 bits per heavy atom. The van der Waals surface area contributed by atoms with Crippen LogP contribution in [-0.4, -0.2) is 124 Å². The number of hydrogen-bond donors (Lipinski definition) is 7. The Hall–Kier alpha value is -1.62. The molecule has 15 heteroatoms. The maximum Gasteiger partial charge on any atom is 0.217 e. The molecule has 0 spiro atoms. The Labute approximate surface area is 176 Å². The van der Waals surface area contributed by atoms with Crippen molar-refractivity contribution in [2.45, 2.75) is 68.3 Å². The van der Waals surface area contributed by atoms with Gasteiger partial charge < -0.3 is 54.9 Å². The molecule has 1 amide bonds. The first kappa shape index (κ1) is 25.6. The van der Waals surface area contributed by atoms with Crippen LogP contribution in [0, 0.1) is 0 Å². The maximum absolute atomic E-state index is 11.6. The summed E-state index contributed by atoms with van der Waals surface area (Å²) in [5.41, 5.74) is 8.32. The Morgan fingerprint density at radius 3 is 2.26 bits per heavy atom. The van der Waals surface area contributed by atoms with Crippen molar-refractivity contribution in [3.63, 3.8) is 0 Å². The summed E-state index contributed by atoms with van der Waals surface area (Å²) in [5, 5.41) is 65.5. The first-order chi connectivity index (χ1) is 14.7. The zero-order valence-electron chi connectivity index (χ0n) is 16.7. The topological polar surface area (TPSA) is 236 Å². The summed E-state index contributed by atoms with van der Waals surface area (Å²) >= 11 is 0. The van der Waals surface area contributed by atoms with Gasteiger partial charge in [-0.2, -0.15) is 0 Å². The van der Waals surface area contributed by atoms with E-state index in [0.717, 1.165) is 0 Å². The number of nitrogens with one attached hydrogen (secondary N) is 1. The highest BCUT2D eigenvalue weighted by atomic mass is 16.7. The Bertz CT molecular complexity index is 635. The van der Waals surface area contributed by atoms with Crippen LogP contribution >= 0.6 is 0 Å². The van der Waals surface area contributed by atoms with Gasteiger partial charge in [0, 0.05) is 18.4 Å². The molecule has 2 heterocycles. The molecule has 0 aromatic heterocycles. The first-order valence-corrected chi connectivity index (χ1v) is 9.55. The summed E-state index contributed by atoms with van der Waals surface area (Å²) < 4.78 is 21.8. The molecule has 0 saturated carbocycles. The molecule has 0 radical (unpaired) electrons. The standard InChI is InChI=1S/C16H28N4O11/c1-6(23)19-9-11(25)14(8(5-22)30-15(9)28-3-2-18-20-17)31-16-13(27)12(26)10(24)7(4-21)29-16/h7-16,21-22,24-27H,2-5H2,1H3,(H,19,23)/t7-,8-,9-,10+,11-,12+,13-,14-,15-,16+/m1/s1. The van der Waals surface area contributed by atoms with Gasteiger partial charge in [-0.3, -0.25) is 4.79 Å². The quantitative estimate of drug-likeness (QED) is 0.0772.